The maximum Gasteiger partial charge on any atom is 0.165 e. The molecule has 0 saturated carbocycles. The van der Waals surface area contributed by atoms with Crippen molar-refractivity contribution in [1.82, 2.24) is 10.2 Å². The number of rotatable bonds is 1. The topological polar surface area (TPSA) is 15.3 Å². The Labute approximate surface area is 112 Å². The van der Waals surface area contributed by atoms with Gasteiger partial charge in [0.1, 0.15) is 5.50 Å². The molecular formula is C12H10F4N2S. The second-order valence-electron chi connectivity index (χ2n) is 4.61. The largest absolute Gasteiger partial charge is 0.361 e. The number of thiol groups is 1. The molecule has 1 N–H and O–H groups in total. The third-order valence-electron chi connectivity index (χ3n) is 3.49. The lowest BCUT2D eigenvalue weighted by molar-refractivity contribution is 0.362. The van der Waals surface area contributed by atoms with Gasteiger partial charge in [-0.2, -0.15) is 0 Å². The molecule has 2 aliphatic rings. The van der Waals surface area contributed by atoms with Crippen molar-refractivity contribution in [3.63, 3.8) is 0 Å². The number of allylic oxidation sites excluding steroid dienone is 1. The Kier molecular flexibility index (Phi) is 2.88. The molecule has 0 aliphatic carbocycles. The standard InChI is InChI=1S/C12H10F4N2S/c13-7-2-8(14)11(16)9(10(7)15)5-1-6-3-17-12(19)18(6)4-5/h2-3,5,12,17,19H,1,4H2/t5-,12?/m0/s1. The number of fused-ring (bicyclic) bond motifs is 1. The zero-order valence-corrected chi connectivity index (χ0v) is 10.5. The van der Waals surface area contributed by atoms with E-state index in [1.165, 1.54) is 0 Å². The number of hydrogen-bond acceptors (Lipinski definition) is 3. The van der Waals surface area contributed by atoms with Crippen molar-refractivity contribution in [1.29, 1.82) is 0 Å². The lowest BCUT2D eigenvalue weighted by Crippen LogP contribution is -2.31. The highest BCUT2D eigenvalue weighted by molar-refractivity contribution is 7.80. The van der Waals surface area contributed by atoms with E-state index in [1.807, 2.05) is 0 Å². The van der Waals surface area contributed by atoms with Crippen LogP contribution in [0, 0.1) is 23.3 Å². The van der Waals surface area contributed by atoms with Crippen LogP contribution < -0.4 is 5.32 Å². The summed E-state index contributed by atoms with van der Waals surface area (Å²) in [4.78, 5) is 1.80. The molecule has 0 spiro atoms. The van der Waals surface area contributed by atoms with Crippen molar-refractivity contribution in [3.05, 3.63) is 46.8 Å². The Hall–Kier alpha value is -1.37. The van der Waals surface area contributed by atoms with Crippen molar-refractivity contribution in [2.24, 2.45) is 0 Å². The summed E-state index contributed by atoms with van der Waals surface area (Å²) in [5.74, 6) is -5.97. The Morgan fingerprint density at radius 1 is 1.16 bits per heavy atom. The SMILES string of the molecule is Fc1cc(F)c(F)c([C@H]2CC3=CNC(S)N3C2)c1F. The lowest BCUT2D eigenvalue weighted by atomic mass is 9.96. The zero-order chi connectivity index (χ0) is 13.7. The summed E-state index contributed by atoms with van der Waals surface area (Å²) in [6, 6.07) is 0.229. The van der Waals surface area contributed by atoms with Crippen LogP contribution in [0.1, 0.15) is 17.9 Å². The maximum atomic E-state index is 13.7. The molecule has 19 heavy (non-hydrogen) atoms. The van der Waals surface area contributed by atoms with E-state index in [1.54, 1.807) is 11.1 Å². The first-order valence-corrected chi connectivity index (χ1v) is 6.23. The highest BCUT2D eigenvalue weighted by Crippen LogP contribution is 2.40. The van der Waals surface area contributed by atoms with Gasteiger partial charge in [0.25, 0.3) is 0 Å². The average Bonchev–Trinajstić information content (AvgIpc) is 2.90. The van der Waals surface area contributed by atoms with Crippen LogP contribution >= 0.6 is 12.6 Å². The van der Waals surface area contributed by atoms with Gasteiger partial charge in [-0.15, -0.1) is 12.6 Å². The second-order valence-corrected chi connectivity index (χ2v) is 5.10. The van der Waals surface area contributed by atoms with Crippen molar-refractivity contribution in [2.75, 3.05) is 6.54 Å². The van der Waals surface area contributed by atoms with E-state index in [0.717, 1.165) is 5.70 Å². The lowest BCUT2D eigenvalue weighted by Gasteiger charge is -2.21. The fourth-order valence-electron chi connectivity index (χ4n) is 2.59. The molecule has 3 rings (SSSR count). The third kappa shape index (κ3) is 1.87. The summed E-state index contributed by atoms with van der Waals surface area (Å²) in [5, 5.41) is 2.94. The van der Waals surface area contributed by atoms with E-state index in [0.29, 0.717) is 6.42 Å². The van der Waals surface area contributed by atoms with Gasteiger partial charge < -0.3 is 10.2 Å². The zero-order valence-electron chi connectivity index (χ0n) is 9.63. The minimum absolute atomic E-state index is 0.229. The van der Waals surface area contributed by atoms with Crippen LogP contribution in [0.3, 0.4) is 0 Å². The molecule has 1 aromatic rings. The Bertz CT molecular complexity index is 549. The average molecular weight is 290 g/mol. The van der Waals surface area contributed by atoms with Crippen LogP contribution in [0.25, 0.3) is 0 Å². The van der Waals surface area contributed by atoms with Crippen LogP contribution in [0.15, 0.2) is 18.0 Å². The normalized spacial score (nSPS) is 25.3. The molecule has 1 aromatic carbocycles. The molecule has 0 aromatic heterocycles. The van der Waals surface area contributed by atoms with Gasteiger partial charge in [0.05, 0.1) is 0 Å². The molecule has 7 heteroatoms. The first-order chi connectivity index (χ1) is 8.99. The fraction of sp³-hybridized carbons (Fsp3) is 0.333. The monoisotopic (exact) mass is 290 g/mol. The minimum atomic E-state index is -1.37. The first-order valence-electron chi connectivity index (χ1n) is 5.71. The van der Waals surface area contributed by atoms with E-state index in [2.05, 4.69) is 17.9 Å². The van der Waals surface area contributed by atoms with E-state index in [9.17, 15) is 17.6 Å². The van der Waals surface area contributed by atoms with Crippen LogP contribution in [0.5, 0.6) is 0 Å². The van der Waals surface area contributed by atoms with Crippen LogP contribution in [-0.2, 0) is 0 Å². The molecule has 1 saturated heterocycles. The summed E-state index contributed by atoms with van der Waals surface area (Å²) < 4.78 is 53.8. The molecule has 0 radical (unpaired) electrons. The molecule has 0 bridgehead atoms. The summed E-state index contributed by atoms with van der Waals surface area (Å²) in [5.41, 5.74) is 0.0336. The van der Waals surface area contributed by atoms with Gasteiger partial charge in [-0.1, -0.05) is 0 Å². The summed E-state index contributed by atoms with van der Waals surface area (Å²) in [6.45, 7) is 0.268. The van der Waals surface area contributed by atoms with Crippen molar-refractivity contribution in [3.8, 4) is 0 Å². The van der Waals surface area contributed by atoms with Gasteiger partial charge in [0.15, 0.2) is 23.3 Å². The van der Waals surface area contributed by atoms with Crippen LogP contribution in [0.2, 0.25) is 0 Å². The fourth-order valence-corrected chi connectivity index (χ4v) is 2.91. The molecule has 2 atom stereocenters. The molecule has 102 valence electrons. The Morgan fingerprint density at radius 2 is 1.79 bits per heavy atom. The molecular weight excluding hydrogens is 280 g/mol. The van der Waals surface area contributed by atoms with Gasteiger partial charge in [0, 0.05) is 36.0 Å². The van der Waals surface area contributed by atoms with E-state index in [4.69, 9.17) is 0 Å². The Balaban J connectivity index is 2.01. The second kappa shape index (κ2) is 4.33. The molecule has 2 nitrogen and oxygen atoms in total. The van der Waals surface area contributed by atoms with E-state index < -0.39 is 34.8 Å². The summed E-state index contributed by atoms with van der Waals surface area (Å²) in [6.07, 6.45) is 2.02. The van der Waals surface area contributed by atoms with Crippen LogP contribution in [0.4, 0.5) is 17.6 Å². The van der Waals surface area contributed by atoms with Gasteiger partial charge in [-0.3, -0.25) is 0 Å². The molecule has 1 fully saturated rings. The maximum absolute atomic E-state index is 13.7. The van der Waals surface area contributed by atoms with Crippen molar-refractivity contribution >= 4 is 12.6 Å². The van der Waals surface area contributed by atoms with Crippen LogP contribution in [-0.4, -0.2) is 16.9 Å². The summed E-state index contributed by atoms with van der Waals surface area (Å²) in [7, 11) is 0. The molecule has 2 heterocycles. The van der Waals surface area contributed by atoms with Gasteiger partial charge in [0.2, 0.25) is 0 Å². The van der Waals surface area contributed by atoms with Gasteiger partial charge in [-0.05, 0) is 6.42 Å². The van der Waals surface area contributed by atoms with Gasteiger partial charge >= 0.3 is 0 Å². The molecule has 1 unspecified atom stereocenters. The minimum Gasteiger partial charge on any atom is -0.361 e. The highest BCUT2D eigenvalue weighted by atomic mass is 32.1. The van der Waals surface area contributed by atoms with Crippen molar-refractivity contribution in [2.45, 2.75) is 17.8 Å². The van der Waals surface area contributed by atoms with Gasteiger partial charge in [-0.25, -0.2) is 17.6 Å². The number of benzene rings is 1. The smallest absolute Gasteiger partial charge is 0.165 e. The highest BCUT2D eigenvalue weighted by Gasteiger charge is 2.37. The number of nitrogens with one attached hydrogen (secondary N) is 1. The third-order valence-corrected chi connectivity index (χ3v) is 3.92. The van der Waals surface area contributed by atoms with Crippen molar-refractivity contribution < 1.29 is 17.6 Å². The molecule has 0 amide bonds. The number of nitrogens with zero attached hydrogens (tertiary/aromatic N) is 1. The van der Waals surface area contributed by atoms with E-state index in [-0.39, 0.29) is 18.1 Å². The first kappa shape index (κ1) is 12.7. The number of hydrogen-bond donors (Lipinski definition) is 2. The predicted octanol–water partition coefficient (Wildman–Crippen LogP) is 2.69. The molecule has 2 aliphatic heterocycles. The Morgan fingerprint density at radius 3 is 2.37 bits per heavy atom. The quantitative estimate of drug-likeness (QED) is 0.470. The summed E-state index contributed by atoms with van der Waals surface area (Å²) >= 11 is 4.24. The predicted molar refractivity (Wildman–Crippen MR) is 64.3 cm³/mol. The van der Waals surface area contributed by atoms with E-state index >= 15 is 0 Å². The number of halogens is 4.